The number of carbonyl (C=O) groups is 3. The van der Waals surface area contributed by atoms with E-state index in [0.29, 0.717) is 19.3 Å². The number of esters is 3. The summed E-state index contributed by atoms with van der Waals surface area (Å²) >= 11 is 0. The summed E-state index contributed by atoms with van der Waals surface area (Å²) in [5.74, 6) is -1.00. The summed E-state index contributed by atoms with van der Waals surface area (Å²) in [6, 6.07) is 0. The Balaban J connectivity index is 4.36. The lowest BCUT2D eigenvalue weighted by Gasteiger charge is -2.18. The van der Waals surface area contributed by atoms with Gasteiger partial charge in [-0.15, -0.1) is 0 Å². The second-order valence-electron chi connectivity index (χ2n) is 17.4. The molecule has 0 bridgehead atoms. The normalized spacial score (nSPS) is 12.6. The zero-order chi connectivity index (χ0) is 45.8. The first-order chi connectivity index (χ1) is 31.0. The molecular weight excluding hydrogens is 781 g/mol. The van der Waals surface area contributed by atoms with Crippen LogP contribution in [0.1, 0.15) is 252 Å². The Labute approximate surface area is 389 Å². The van der Waals surface area contributed by atoms with E-state index in [1.165, 1.54) is 128 Å². The third-order valence-corrected chi connectivity index (χ3v) is 11.2. The van der Waals surface area contributed by atoms with Crippen LogP contribution in [0.15, 0.2) is 72.9 Å². The fourth-order valence-corrected chi connectivity index (χ4v) is 7.20. The third-order valence-electron chi connectivity index (χ3n) is 11.2. The number of hydrogen-bond acceptors (Lipinski definition) is 6. The van der Waals surface area contributed by atoms with Crippen molar-refractivity contribution in [2.75, 3.05) is 13.2 Å². The molecule has 0 N–H and O–H groups in total. The van der Waals surface area contributed by atoms with Gasteiger partial charge in [0.05, 0.1) is 0 Å². The van der Waals surface area contributed by atoms with Gasteiger partial charge in [0.25, 0.3) is 0 Å². The van der Waals surface area contributed by atoms with Crippen molar-refractivity contribution in [2.24, 2.45) is 0 Å². The number of carbonyl (C=O) groups excluding carboxylic acids is 3. The molecule has 0 aliphatic rings. The fourth-order valence-electron chi connectivity index (χ4n) is 7.20. The molecule has 0 radical (unpaired) electrons. The molecule has 0 aromatic rings. The minimum Gasteiger partial charge on any atom is -0.462 e. The largest absolute Gasteiger partial charge is 0.462 e. The standard InChI is InChI=1S/C57H98O6/c1-4-7-10-13-16-19-22-24-25-26-27-28-29-30-31-33-35-38-41-44-47-50-56(59)62-53-54(52-61-55(58)49-46-43-40-37-34-21-18-15-12-9-6-3)63-57(60)51-48-45-42-39-36-32-23-20-17-14-11-8-5-2/h8,11,15,17-18,20,26-27,32,36,42,45,54H,4-7,9-10,12-14,16,19,21-25,28-31,33-35,37-41,43-44,46-53H2,1-3H3/b11-8-,18-15-,20-17-,27-26-,36-32-,45-42-. The quantitative estimate of drug-likeness (QED) is 0.0262. The van der Waals surface area contributed by atoms with Gasteiger partial charge in [0.2, 0.25) is 0 Å². The van der Waals surface area contributed by atoms with Crippen LogP contribution in [0.25, 0.3) is 0 Å². The highest BCUT2D eigenvalue weighted by Crippen LogP contribution is 2.14. The first-order valence-corrected chi connectivity index (χ1v) is 26.4. The second kappa shape index (κ2) is 51.5. The van der Waals surface area contributed by atoms with Gasteiger partial charge in [0.15, 0.2) is 6.10 Å². The summed E-state index contributed by atoms with van der Waals surface area (Å²) in [6.45, 7) is 6.42. The SMILES string of the molecule is CC/C=C\C/C=C\C/C=C\C/C=C\CCC(=O)OC(COC(=O)CCCCCCC/C=C\CCCC)COC(=O)CCCCCCCCCCC/C=C\CCCCCCCCCC. The van der Waals surface area contributed by atoms with E-state index >= 15 is 0 Å². The number of allylic oxidation sites excluding steroid dienone is 12. The van der Waals surface area contributed by atoms with E-state index in [0.717, 1.165) is 77.0 Å². The molecule has 1 unspecified atom stereocenters. The van der Waals surface area contributed by atoms with E-state index in [1.807, 2.05) is 12.2 Å². The van der Waals surface area contributed by atoms with Gasteiger partial charge in [-0.2, -0.15) is 0 Å². The number of hydrogen-bond donors (Lipinski definition) is 0. The lowest BCUT2D eigenvalue weighted by molar-refractivity contribution is -0.166. The smallest absolute Gasteiger partial charge is 0.306 e. The molecule has 63 heavy (non-hydrogen) atoms. The van der Waals surface area contributed by atoms with Crippen molar-refractivity contribution in [1.29, 1.82) is 0 Å². The fraction of sp³-hybridized carbons (Fsp3) is 0.737. The molecule has 0 saturated heterocycles. The highest BCUT2D eigenvalue weighted by Gasteiger charge is 2.19. The van der Waals surface area contributed by atoms with Crippen molar-refractivity contribution < 1.29 is 28.6 Å². The number of rotatable bonds is 47. The molecule has 6 nitrogen and oxygen atoms in total. The van der Waals surface area contributed by atoms with Crippen LogP contribution in [-0.4, -0.2) is 37.2 Å². The van der Waals surface area contributed by atoms with Gasteiger partial charge < -0.3 is 14.2 Å². The van der Waals surface area contributed by atoms with E-state index in [4.69, 9.17) is 14.2 Å². The average molecular weight is 879 g/mol. The summed E-state index contributed by atoms with van der Waals surface area (Å²) in [6.07, 6.45) is 64.8. The predicted molar refractivity (Wildman–Crippen MR) is 270 cm³/mol. The monoisotopic (exact) mass is 879 g/mol. The Kier molecular flexibility index (Phi) is 48.9. The van der Waals surface area contributed by atoms with E-state index in [2.05, 4.69) is 81.5 Å². The van der Waals surface area contributed by atoms with E-state index in [1.54, 1.807) is 0 Å². The molecular formula is C57H98O6. The van der Waals surface area contributed by atoms with Gasteiger partial charge in [-0.25, -0.2) is 0 Å². The predicted octanol–water partition coefficient (Wildman–Crippen LogP) is 17.4. The molecule has 6 heteroatoms. The molecule has 1 atom stereocenters. The number of ether oxygens (including phenoxy) is 3. The van der Waals surface area contributed by atoms with Crippen LogP contribution < -0.4 is 0 Å². The number of unbranched alkanes of at least 4 members (excludes halogenated alkanes) is 24. The zero-order valence-electron chi connectivity index (χ0n) is 41.3. The lowest BCUT2D eigenvalue weighted by Crippen LogP contribution is -2.30. The van der Waals surface area contributed by atoms with Gasteiger partial charge in [0.1, 0.15) is 13.2 Å². The first kappa shape index (κ1) is 59.9. The molecule has 0 aliphatic carbocycles. The maximum atomic E-state index is 12.7. The van der Waals surface area contributed by atoms with Gasteiger partial charge in [0, 0.05) is 19.3 Å². The Hall–Kier alpha value is -3.15. The summed E-state index contributed by atoms with van der Waals surface area (Å²) in [5, 5.41) is 0. The molecule has 0 heterocycles. The molecule has 0 spiro atoms. The molecule has 0 fully saturated rings. The van der Waals surface area contributed by atoms with Crippen molar-refractivity contribution in [3.05, 3.63) is 72.9 Å². The van der Waals surface area contributed by atoms with Gasteiger partial charge in [-0.3, -0.25) is 14.4 Å². The summed E-state index contributed by atoms with van der Waals surface area (Å²) in [4.78, 5) is 37.9. The molecule has 0 aromatic heterocycles. The van der Waals surface area contributed by atoms with Gasteiger partial charge in [-0.1, -0.05) is 216 Å². The van der Waals surface area contributed by atoms with Crippen LogP contribution in [0.2, 0.25) is 0 Å². The van der Waals surface area contributed by atoms with Gasteiger partial charge in [-0.05, 0) is 89.9 Å². The van der Waals surface area contributed by atoms with Crippen LogP contribution in [0.5, 0.6) is 0 Å². The van der Waals surface area contributed by atoms with Crippen molar-refractivity contribution in [1.82, 2.24) is 0 Å². The lowest BCUT2D eigenvalue weighted by atomic mass is 10.1. The van der Waals surface area contributed by atoms with Crippen molar-refractivity contribution in [3.8, 4) is 0 Å². The third kappa shape index (κ3) is 49.7. The Morgan fingerprint density at radius 3 is 1.08 bits per heavy atom. The minimum atomic E-state index is -0.816. The van der Waals surface area contributed by atoms with E-state index in [9.17, 15) is 14.4 Å². The minimum absolute atomic E-state index is 0.107. The molecule has 362 valence electrons. The van der Waals surface area contributed by atoms with Crippen LogP contribution >= 0.6 is 0 Å². The van der Waals surface area contributed by atoms with Crippen LogP contribution in [0, 0.1) is 0 Å². The van der Waals surface area contributed by atoms with Gasteiger partial charge >= 0.3 is 17.9 Å². The van der Waals surface area contributed by atoms with Crippen LogP contribution in [-0.2, 0) is 28.6 Å². The summed E-state index contributed by atoms with van der Waals surface area (Å²) in [7, 11) is 0. The van der Waals surface area contributed by atoms with Crippen LogP contribution in [0.4, 0.5) is 0 Å². The highest BCUT2D eigenvalue weighted by atomic mass is 16.6. The molecule has 0 aromatic carbocycles. The van der Waals surface area contributed by atoms with Crippen molar-refractivity contribution in [2.45, 2.75) is 258 Å². The summed E-state index contributed by atoms with van der Waals surface area (Å²) in [5.41, 5.74) is 0. The topological polar surface area (TPSA) is 78.9 Å². The van der Waals surface area contributed by atoms with E-state index in [-0.39, 0.29) is 31.6 Å². The van der Waals surface area contributed by atoms with Crippen molar-refractivity contribution in [3.63, 3.8) is 0 Å². The van der Waals surface area contributed by atoms with Crippen molar-refractivity contribution >= 4 is 17.9 Å². The summed E-state index contributed by atoms with van der Waals surface area (Å²) < 4.78 is 16.7. The van der Waals surface area contributed by atoms with E-state index < -0.39 is 12.1 Å². The Morgan fingerprint density at radius 1 is 0.333 bits per heavy atom. The first-order valence-electron chi connectivity index (χ1n) is 26.4. The second-order valence-corrected chi connectivity index (χ2v) is 17.4. The average Bonchev–Trinajstić information content (AvgIpc) is 3.28. The maximum Gasteiger partial charge on any atom is 0.306 e. The Morgan fingerprint density at radius 2 is 0.667 bits per heavy atom. The highest BCUT2D eigenvalue weighted by molar-refractivity contribution is 5.71. The molecule has 0 aliphatic heterocycles. The molecule has 0 amide bonds. The molecule has 0 rings (SSSR count). The maximum absolute atomic E-state index is 12.7. The van der Waals surface area contributed by atoms with Crippen LogP contribution in [0.3, 0.4) is 0 Å². The zero-order valence-corrected chi connectivity index (χ0v) is 41.3. The molecule has 0 saturated carbocycles. The Bertz CT molecular complexity index is 1190.